The van der Waals surface area contributed by atoms with Gasteiger partial charge in [-0.25, -0.2) is 4.98 Å². The first-order valence-corrected chi connectivity index (χ1v) is 7.47. The number of rotatable bonds is 3. The van der Waals surface area contributed by atoms with E-state index < -0.39 is 10.8 Å². The molecule has 2 rings (SSSR count). The molecule has 1 aliphatic rings. The first-order chi connectivity index (χ1) is 9.99. The summed E-state index contributed by atoms with van der Waals surface area (Å²) in [6, 6.07) is 1.25. The molecular formula is C14H18ClN3O3. The van der Waals surface area contributed by atoms with Crippen LogP contribution in [0.1, 0.15) is 49.4 Å². The van der Waals surface area contributed by atoms with Crippen molar-refractivity contribution >= 4 is 23.2 Å². The first-order valence-electron chi connectivity index (χ1n) is 7.10. The summed E-state index contributed by atoms with van der Waals surface area (Å²) in [5.41, 5.74) is -0.180. The van der Waals surface area contributed by atoms with Crippen LogP contribution in [0.15, 0.2) is 12.3 Å². The molecule has 6 nitrogen and oxygen atoms in total. The van der Waals surface area contributed by atoms with Gasteiger partial charge in [-0.1, -0.05) is 37.8 Å². The van der Waals surface area contributed by atoms with Crippen molar-refractivity contribution in [1.29, 1.82) is 0 Å². The van der Waals surface area contributed by atoms with Crippen molar-refractivity contribution in [1.82, 2.24) is 10.3 Å². The average Bonchev–Trinajstić information content (AvgIpc) is 2.64. The molecule has 1 fully saturated rings. The Morgan fingerprint density at radius 1 is 1.43 bits per heavy atom. The van der Waals surface area contributed by atoms with Crippen LogP contribution in [0.2, 0.25) is 5.15 Å². The van der Waals surface area contributed by atoms with E-state index in [2.05, 4.69) is 17.2 Å². The van der Waals surface area contributed by atoms with Crippen molar-refractivity contribution in [2.45, 2.75) is 45.1 Å². The highest BCUT2D eigenvalue weighted by Gasteiger charge is 2.24. The largest absolute Gasteiger partial charge is 0.349 e. The van der Waals surface area contributed by atoms with Gasteiger partial charge in [0.15, 0.2) is 0 Å². The van der Waals surface area contributed by atoms with Gasteiger partial charge in [0.25, 0.3) is 11.6 Å². The topological polar surface area (TPSA) is 85.1 Å². The van der Waals surface area contributed by atoms with Crippen LogP contribution in [-0.2, 0) is 0 Å². The van der Waals surface area contributed by atoms with Crippen LogP contribution in [0.5, 0.6) is 0 Å². The van der Waals surface area contributed by atoms with Crippen LogP contribution >= 0.6 is 11.6 Å². The minimum Gasteiger partial charge on any atom is -0.349 e. The third-order valence-corrected chi connectivity index (χ3v) is 4.26. The SMILES string of the molecule is CC1CCCCCC1NC(=O)c1cc([N+](=O)[O-])cnc1Cl. The quantitative estimate of drug-likeness (QED) is 0.401. The van der Waals surface area contributed by atoms with Gasteiger partial charge in [-0.2, -0.15) is 0 Å². The zero-order valence-electron chi connectivity index (χ0n) is 11.8. The molecule has 0 spiro atoms. The number of hydrogen-bond acceptors (Lipinski definition) is 4. The normalized spacial score (nSPS) is 22.4. The van der Waals surface area contributed by atoms with Crippen molar-refractivity contribution in [2.24, 2.45) is 5.92 Å². The number of nitrogens with zero attached hydrogens (tertiary/aromatic N) is 2. The Bertz CT molecular complexity index is 550. The maximum absolute atomic E-state index is 12.3. The number of hydrogen-bond donors (Lipinski definition) is 1. The Kier molecular flexibility index (Phi) is 5.12. The van der Waals surface area contributed by atoms with Gasteiger partial charge in [-0.3, -0.25) is 14.9 Å². The predicted octanol–water partition coefficient (Wildman–Crippen LogP) is 3.34. The maximum atomic E-state index is 12.3. The van der Waals surface area contributed by atoms with Gasteiger partial charge in [0.2, 0.25) is 0 Å². The molecule has 1 aromatic rings. The fraction of sp³-hybridized carbons (Fsp3) is 0.571. The molecule has 0 bridgehead atoms. The molecule has 2 unspecified atom stereocenters. The van der Waals surface area contributed by atoms with E-state index in [0.29, 0.717) is 5.92 Å². The number of pyridine rings is 1. The van der Waals surface area contributed by atoms with Gasteiger partial charge in [0, 0.05) is 12.1 Å². The minimum atomic E-state index is -0.589. The minimum absolute atomic E-state index is 0.0145. The lowest BCUT2D eigenvalue weighted by atomic mass is 9.96. The van der Waals surface area contributed by atoms with E-state index in [9.17, 15) is 14.9 Å². The molecule has 0 aromatic carbocycles. The number of amides is 1. The smallest absolute Gasteiger partial charge is 0.288 e. The van der Waals surface area contributed by atoms with Crippen molar-refractivity contribution in [3.05, 3.63) is 33.1 Å². The molecule has 0 radical (unpaired) electrons. The van der Waals surface area contributed by atoms with E-state index in [4.69, 9.17) is 11.6 Å². The highest BCUT2D eigenvalue weighted by Crippen LogP contribution is 2.24. The van der Waals surface area contributed by atoms with E-state index >= 15 is 0 Å². The Hall–Kier alpha value is -1.69. The van der Waals surface area contributed by atoms with Crippen LogP contribution in [0.25, 0.3) is 0 Å². The molecule has 114 valence electrons. The lowest BCUT2D eigenvalue weighted by molar-refractivity contribution is -0.385. The summed E-state index contributed by atoms with van der Waals surface area (Å²) in [5.74, 6) is -0.00293. The van der Waals surface area contributed by atoms with Gasteiger partial charge < -0.3 is 5.32 Å². The Morgan fingerprint density at radius 2 is 2.14 bits per heavy atom. The second-order valence-electron chi connectivity index (χ2n) is 5.48. The molecule has 1 heterocycles. The van der Waals surface area contributed by atoms with Crippen LogP contribution < -0.4 is 5.32 Å². The molecule has 21 heavy (non-hydrogen) atoms. The van der Waals surface area contributed by atoms with Crippen LogP contribution in [-0.4, -0.2) is 21.9 Å². The molecule has 0 saturated heterocycles. The standard InChI is InChI=1S/C14H18ClN3O3/c1-9-5-3-2-4-6-12(9)17-14(19)11-7-10(18(20)21)8-16-13(11)15/h7-9,12H,2-6H2,1H3,(H,17,19). The third kappa shape index (κ3) is 3.91. The molecular weight excluding hydrogens is 294 g/mol. The lowest BCUT2D eigenvalue weighted by Gasteiger charge is -2.22. The number of aromatic nitrogens is 1. The van der Waals surface area contributed by atoms with Crippen LogP contribution in [0, 0.1) is 16.0 Å². The van der Waals surface area contributed by atoms with Gasteiger partial charge in [0.1, 0.15) is 11.3 Å². The summed E-state index contributed by atoms with van der Waals surface area (Å²) in [6.45, 7) is 2.11. The number of halogens is 1. The van der Waals surface area contributed by atoms with Gasteiger partial charge in [-0.05, 0) is 18.8 Å². The van der Waals surface area contributed by atoms with Crippen LogP contribution in [0.4, 0.5) is 5.69 Å². The van der Waals surface area contributed by atoms with Crippen molar-refractivity contribution in [3.63, 3.8) is 0 Å². The summed E-state index contributed by atoms with van der Waals surface area (Å²) >= 11 is 5.89. The molecule has 1 aromatic heterocycles. The monoisotopic (exact) mass is 311 g/mol. The first kappa shape index (κ1) is 15.7. The number of carbonyl (C=O) groups excluding carboxylic acids is 1. The summed E-state index contributed by atoms with van der Waals surface area (Å²) in [6.07, 6.45) is 6.48. The Balaban J connectivity index is 2.15. The molecule has 7 heteroatoms. The zero-order chi connectivity index (χ0) is 15.4. The molecule has 1 aliphatic carbocycles. The zero-order valence-corrected chi connectivity index (χ0v) is 12.6. The van der Waals surface area contributed by atoms with E-state index in [1.807, 2.05) is 0 Å². The van der Waals surface area contributed by atoms with Gasteiger partial charge in [-0.15, -0.1) is 0 Å². The number of carbonyl (C=O) groups is 1. The lowest BCUT2D eigenvalue weighted by Crippen LogP contribution is -2.39. The van der Waals surface area contributed by atoms with Gasteiger partial charge in [0.05, 0.1) is 10.5 Å². The van der Waals surface area contributed by atoms with Crippen LogP contribution in [0.3, 0.4) is 0 Å². The third-order valence-electron chi connectivity index (χ3n) is 3.96. The van der Waals surface area contributed by atoms with Crippen molar-refractivity contribution < 1.29 is 9.72 Å². The fourth-order valence-corrected chi connectivity index (χ4v) is 2.84. The fourth-order valence-electron chi connectivity index (χ4n) is 2.65. The van der Waals surface area contributed by atoms with Gasteiger partial charge >= 0.3 is 0 Å². The van der Waals surface area contributed by atoms with Crippen molar-refractivity contribution in [2.75, 3.05) is 0 Å². The Morgan fingerprint density at radius 3 is 2.86 bits per heavy atom. The summed E-state index contributed by atoms with van der Waals surface area (Å²) in [7, 11) is 0. The van der Waals surface area contributed by atoms with Crippen molar-refractivity contribution in [3.8, 4) is 0 Å². The highest BCUT2D eigenvalue weighted by molar-refractivity contribution is 6.32. The second-order valence-corrected chi connectivity index (χ2v) is 5.84. The summed E-state index contributed by atoms with van der Waals surface area (Å²) in [4.78, 5) is 26.2. The van der Waals surface area contributed by atoms with E-state index in [-0.39, 0.29) is 22.4 Å². The molecule has 1 N–H and O–H groups in total. The number of nitro groups is 1. The number of nitrogens with one attached hydrogen (secondary N) is 1. The van der Waals surface area contributed by atoms with E-state index in [0.717, 1.165) is 25.5 Å². The summed E-state index contributed by atoms with van der Waals surface area (Å²) in [5, 5.41) is 13.7. The molecule has 0 aliphatic heterocycles. The average molecular weight is 312 g/mol. The highest BCUT2D eigenvalue weighted by atomic mass is 35.5. The Labute approximate surface area is 128 Å². The second kappa shape index (κ2) is 6.85. The summed E-state index contributed by atoms with van der Waals surface area (Å²) < 4.78 is 0. The maximum Gasteiger partial charge on any atom is 0.288 e. The molecule has 2 atom stereocenters. The van der Waals surface area contributed by atoms with E-state index in [1.54, 1.807) is 0 Å². The molecule has 1 saturated carbocycles. The molecule has 1 amide bonds. The predicted molar refractivity (Wildman–Crippen MR) is 79.4 cm³/mol. The van der Waals surface area contributed by atoms with E-state index in [1.165, 1.54) is 18.9 Å².